The van der Waals surface area contributed by atoms with Crippen LogP contribution in [0, 0.1) is 0 Å². The van der Waals surface area contributed by atoms with Gasteiger partial charge in [-0.1, -0.05) is 0 Å². The Morgan fingerprint density at radius 3 is 2.89 bits per heavy atom. The first-order valence-corrected chi connectivity index (χ1v) is 6.73. The quantitative estimate of drug-likeness (QED) is 0.802. The fourth-order valence-corrected chi connectivity index (χ4v) is 2.46. The molecule has 0 amide bonds. The molecular formula is C13H12BrN5. The largest absolute Gasteiger partial charge is 0.330 e. The van der Waals surface area contributed by atoms with Crippen molar-refractivity contribution in [3.05, 3.63) is 47.0 Å². The number of pyridine rings is 1. The van der Waals surface area contributed by atoms with Crippen LogP contribution in [0.3, 0.4) is 0 Å². The second-order valence-electron chi connectivity index (χ2n) is 4.12. The molecule has 0 radical (unpaired) electrons. The van der Waals surface area contributed by atoms with Crippen molar-refractivity contribution < 1.29 is 0 Å². The fourth-order valence-electron chi connectivity index (χ4n) is 1.92. The summed E-state index contributed by atoms with van der Waals surface area (Å²) in [5.41, 5.74) is 9.15. The first-order valence-electron chi connectivity index (χ1n) is 5.94. The Balaban J connectivity index is 2.13. The highest BCUT2D eigenvalue weighted by Gasteiger charge is 2.11. The number of hydrogen-bond donors (Lipinski definition) is 1. The molecule has 3 aromatic heterocycles. The molecule has 3 rings (SSSR count). The molecule has 0 fully saturated rings. The van der Waals surface area contributed by atoms with Crippen LogP contribution in [-0.2, 0) is 6.42 Å². The predicted molar refractivity (Wildman–Crippen MR) is 76.7 cm³/mol. The molecule has 3 aromatic rings. The van der Waals surface area contributed by atoms with Gasteiger partial charge in [-0.25, -0.2) is 9.50 Å². The third kappa shape index (κ3) is 2.24. The fraction of sp³-hybridized carbons (Fsp3) is 0.154. The van der Waals surface area contributed by atoms with Gasteiger partial charge >= 0.3 is 0 Å². The minimum Gasteiger partial charge on any atom is -0.330 e. The summed E-state index contributed by atoms with van der Waals surface area (Å²) in [5.74, 6) is 0. The molecular weight excluding hydrogens is 306 g/mol. The van der Waals surface area contributed by atoms with E-state index in [9.17, 15) is 0 Å². The van der Waals surface area contributed by atoms with Crippen LogP contribution in [0.1, 0.15) is 5.69 Å². The number of fused-ring (bicyclic) bond motifs is 1. The summed E-state index contributed by atoms with van der Waals surface area (Å²) in [6.45, 7) is 0.567. The number of nitrogens with zero attached hydrogens (tertiary/aromatic N) is 4. The van der Waals surface area contributed by atoms with Crippen molar-refractivity contribution in [3.8, 4) is 11.3 Å². The average Bonchev–Trinajstić information content (AvgIpc) is 2.77. The molecule has 0 aliphatic heterocycles. The van der Waals surface area contributed by atoms with Gasteiger partial charge in [-0.2, -0.15) is 5.10 Å². The topological polar surface area (TPSA) is 69.1 Å². The Kier molecular flexibility index (Phi) is 3.27. The Morgan fingerprint density at radius 2 is 2.16 bits per heavy atom. The molecule has 0 saturated carbocycles. The van der Waals surface area contributed by atoms with E-state index in [1.165, 1.54) is 0 Å². The number of aromatic nitrogens is 4. The van der Waals surface area contributed by atoms with Gasteiger partial charge in [-0.3, -0.25) is 4.98 Å². The van der Waals surface area contributed by atoms with Crippen LogP contribution in [0.15, 0.2) is 41.3 Å². The zero-order valence-electron chi connectivity index (χ0n) is 10.1. The molecule has 0 aromatic carbocycles. The molecule has 0 unspecified atom stereocenters. The zero-order valence-corrected chi connectivity index (χ0v) is 11.7. The van der Waals surface area contributed by atoms with Crippen LogP contribution in [0.25, 0.3) is 16.9 Å². The molecule has 0 spiro atoms. The van der Waals surface area contributed by atoms with Crippen molar-refractivity contribution in [1.29, 1.82) is 0 Å². The Hall–Kier alpha value is -1.79. The maximum atomic E-state index is 5.57. The van der Waals surface area contributed by atoms with Crippen LogP contribution >= 0.6 is 15.9 Å². The lowest BCUT2D eigenvalue weighted by Gasteiger charge is -2.01. The third-order valence-corrected chi connectivity index (χ3v) is 3.62. The molecule has 0 atom stereocenters. The molecule has 5 nitrogen and oxygen atoms in total. The van der Waals surface area contributed by atoms with E-state index in [0.29, 0.717) is 6.54 Å². The summed E-state index contributed by atoms with van der Waals surface area (Å²) in [6, 6.07) is 7.76. The highest BCUT2D eigenvalue weighted by molar-refractivity contribution is 9.10. The first-order chi connectivity index (χ1) is 9.29. The van der Waals surface area contributed by atoms with Crippen molar-refractivity contribution >= 4 is 21.6 Å². The van der Waals surface area contributed by atoms with E-state index in [4.69, 9.17) is 5.73 Å². The third-order valence-electron chi connectivity index (χ3n) is 2.83. The highest BCUT2D eigenvalue weighted by Crippen LogP contribution is 2.21. The van der Waals surface area contributed by atoms with E-state index in [2.05, 4.69) is 31.0 Å². The molecule has 6 heteroatoms. The number of rotatable bonds is 3. The van der Waals surface area contributed by atoms with Gasteiger partial charge in [0.1, 0.15) is 4.60 Å². The van der Waals surface area contributed by atoms with Crippen LogP contribution in [0.2, 0.25) is 0 Å². The van der Waals surface area contributed by atoms with Crippen molar-refractivity contribution in [3.63, 3.8) is 0 Å². The molecule has 0 aliphatic carbocycles. The first kappa shape index (κ1) is 12.3. The summed E-state index contributed by atoms with van der Waals surface area (Å²) in [7, 11) is 0. The van der Waals surface area contributed by atoms with Gasteiger partial charge in [-0.05, 0) is 46.7 Å². The van der Waals surface area contributed by atoms with E-state index in [-0.39, 0.29) is 0 Å². The SMILES string of the molecule is NCCc1nc2ccc(-c3cccnc3)nn2c1Br. The predicted octanol–water partition coefficient (Wildman–Crippen LogP) is 2.05. The monoisotopic (exact) mass is 317 g/mol. The lowest BCUT2D eigenvalue weighted by atomic mass is 10.2. The van der Waals surface area contributed by atoms with E-state index >= 15 is 0 Å². The molecule has 96 valence electrons. The zero-order chi connectivity index (χ0) is 13.2. The van der Waals surface area contributed by atoms with E-state index in [1.807, 2.05) is 24.3 Å². The second kappa shape index (κ2) is 5.07. The van der Waals surface area contributed by atoms with Crippen molar-refractivity contribution in [2.24, 2.45) is 5.73 Å². The van der Waals surface area contributed by atoms with Crippen LogP contribution in [-0.4, -0.2) is 26.1 Å². The molecule has 2 N–H and O–H groups in total. The van der Waals surface area contributed by atoms with Crippen molar-refractivity contribution in [2.75, 3.05) is 6.54 Å². The highest BCUT2D eigenvalue weighted by atomic mass is 79.9. The van der Waals surface area contributed by atoms with Crippen LogP contribution in [0.5, 0.6) is 0 Å². The summed E-state index contributed by atoms with van der Waals surface area (Å²) in [4.78, 5) is 8.60. The number of halogens is 1. The Labute approximate surface area is 118 Å². The van der Waals surface area contributed by atoms with Crippen molar-refractivity contribution in [1.82, 2.24) is 19.6 Å². The van der Waals surface area contributed by atoms with Gasteiger partial charge in [0.25, 0.3) is 0 Å². The van der Waals surface area contributed by atoms with Gasteiger partial charge in [0.15, 0.2) is 5.65 Å². The van der Waals surface area contributed by atoms with Gasteiger partial charge < -0.3 is 5.73 Å². The standard InChI is InChI=1S/C13H12BrN5/c14-13-11(5-6-15)17-12-4-3-10(18-19(12)13)9-2-1-7-16-8-9/h1-4,7-8H,5-6,15H2. The smallest absolute Gasteiger partial charge is 0.155 e. The normalized spacial score (nSPS) is 11.1. The molecule has 19 heavy (non-hydrogen) atoms. The molecule has 3 heterocycles. The van der Waals surface area contributed by atoms with Crippen molar-refractivity contribution in [2.45, 2.75) is 6.42 Å². The molecule has 0 bridgehead atoms. The maximum absolute atomic E-state index is 5.57. The summed E-state index contributed by atoms with van der Waals surface area (Å²) in [5, 5.41) is 4.57. The lowest BCUT2D eigenvalue weighted by Crippen LogP contribution is -2.03. The van der Waals surface area contributed by atoms with Gasteiger partial charge in [0, 0.05) is 24.4 Å². The maximum Gasteiger partial charge on any atom is 0.155 e. The number of imidazole rings is 1. The summed E-state index contributed by atoms with van der Waals surface area (Å²) >= 11 is 3.53. The molecule has 0 saturated heterocycles. The summed E-state index contributed by atoms with van der Waals surface area (Å²) in [6.07, 6.45) is 4.26. The minimum absolute atomic E-state index is 0.567. The lowest BCUT2D eigenvalue weighted by molar-refractivity contribution is 0.894. The van der Waals surface area contributed by atoms with E-state index in [1.54, 1.807) is 16.9 Å². The number of nitrogens with two attached hydrogens (primary N) is 1. The molecule has 0 aliphatic rings. The Bertz CT molecular complexity index is 708. The summed E-state index contributed by atoms with van der Waals surface area (Å²) < 4.78 is 2.64. The van der Waals surface area contributed by atoms with Crippen LogP contribution < -0.4 is 5.73 Å². The van der Waals surface area contributed by atoms with E-state index < -0.39 is 0 Å². The number of hydrogen-bond acceptors (Lipinski definition) is 4. The second-order valence-corrected chi connectivity index (χ2v) is 4.87. The van der Waals surface area contributed by atoms with Gasteiger partial charge in [0.05, 0.1) is 11.4 Å². The minimum atomic E-state index is 0.567. The average molecular weight is 318 g/mol. The van der Waals surface area contributed by atoms with E-state index in [0.717, 1.165) is 33.6 Å². The van der Waals surface area contributed by atoms with Gasteiger partial charge in [0.2, 0.25) is 0 Å². The van der Waals surface area contributed by atoms with Crippen LogP contribution in [0.4, 0.5) is 0 Å². The van der Waals surface area contributed by atoms with Gasteiger partial charge in [-0.15, -0.1) is 0 Å². The Morgan fingerprint density at radius 1 is 1.26 bits per heavy atom.